The van der Waals surface area contributed by atoms with Crippen LogP contribution >= 0.6 is 0 Å². The number of rotatable bonds is 8. The summed E-state index contributed by atoms with van der Waals surface area (Å²) in [4.78, 5) is 48.8. The number of ketones is 1. The summed E-state index contributed by atoms with van der Waals surface area (Å²) in [6.07, 6.45) is 0. The van der Waals surface area contributed by atoms with E-state index in [1.54, 1.807) is 0 Å². The summed E-state index contributed by atoms with van der Waals surface area (Å²) in [5.74, 6) is -2.85. The van der Waals surface area contributed by atoms with E-state index in [0.29, 0.717) is 0 Å². The molecule has 0 atom stereocenters. The fraction of sp³-hybridized carbons (Fsp3) is 0.368. The first-order chi connectivity index (χ1) is 13.6. The van der Waals surface area contributed by atoms with Gasteiger partial charge in [-0.3, -0.25) is 18.7 Å². The molecule has 156 valence electrons. The number of hydrogen-bond acceptors (Lipinski definition) is 7. The fourth-order valence-corrected chi connectivity index (χ4v) is 2.55. The van der Waals surface area contributed by atoms with Gasteiger partial charge in [-0.1, -0.05) is 26.0 Å². The Morgan fingerprint density at radius 1 is 1.17 bits per heavy atom. The molecular weight excluding hydrogens is 385 g/mol. The van der Waals surface area contributed by atoms with Crippen LogP contribution in [0.3, 0.4) is 0 Å². The van der Waals surface area contributed by atoms with Gasteiger partial charge in [-0.15, -0.1) is 0 Å². The molecule has 0 aliphatic heterocycles. The SMILES string of the molecule is CC(C)Cn1c(N)c(C(=O)COC(=O)COc2ccccc2F)c(=O)n(C)c1=O. The number of nitrogens with two attached hydrogens (primary N) is 1. The molecule has 29 heavy (non-hydrogen) atoms. The van der Waals surface area contributed by atoms with Gasteiger partial charge in [-0.2, -0.15) is 0 Å². The minimum Gasteiger partial charge on any atom is -0.479 e. The monoisotopic (exact) mass is 407 g/mol. The van der Waals surface area contributed by atoms with Crippen LogP contribution in [0.15, 0.2) is 33.9 Å². The molecule has 2 N–H and O–H groups in total. The van der Waals surface area contributed by atoms with Gasteiger partial charge in [-0.25, -0.2) is 14.0 Å². The van der Waals surface area contributed by atoms with Crippen LogP contribution in [0.4, 0.5) is 10.2 Å². The Bertz CT molecular complexity index is 1040. The number of anilines is 1. The molecule has 1 aromatic heterocycles. The number of carbonyl (C=O) groups excluding carboxylic acids is 2. The van der Waals surface area contributed by atoms with E-state index in [2.05, 4.69) is 0 Å². The van der Waals surface area contributed by atoms with Gasteiger partial charge in [0, 0.05) is 13.6 Å². The third-order valence-corrected chi connectivity index (χ3v) is 3.96. The highest BCUT2D eigenvalue weighted by Gasteiger charge is 2.23. The van der Waals surface area contributed by atoms with Crippen LogP contribution in [-0.4, -0.2) is 34.1 Å². The van der Waals surface area contributed by atoms with Crippen LogP contribution in [0, 0.1) is 11.7 Å². The maximum absolute atomic E-state index is 13.5. The Hall–Kier alpha value is -3.43. The number of para-hydroxylation sites is 1. The molecule has 0 radical (unpaired) electrons. The van der Waals surface area contributed by atoms with Gasteiger partial charge >= 0.3 is 11.7 Å². The second-order valence-electron chi connectivity index (χ2n) is 6.71. The van der Waals surface area contributed by atoms with Crippen LogP contribution in [0.1, 0.15) is 24.2 Å². The number of benzene rings is 1. The maximum Gasteiger partial charge on any atom is 0.344 e. The van der Waals surface area contributed by atoms with E-state index in [-0.39, 0.29) is 24.0 Å². The summed E-state index contributed by atoms with van der Waals surface area (Å²) in [7, 11) is 1.23. The third kappa shape index (κ3) is 5.09. The number of carbonyl (C=O) groups is 2. The zero-order chi connectivity index (χ0) is 21.7. The van der Waals surface area contributed by atoms with Crippen LogP contribution in [-0.2, 0) is 23.1 Å². The van der Waals surface area contributed by atoms with E-state index >= 15 is 0 Å². The largest absolute Gasteiger partial charge is 0.479 e. The van der Waals surface area contributed by atoms with Gasteiger partial charge in [0.1, 0.15) is 11.4 Å². The lowest BCUT2D eigenvalue weighted by atomic mass is 10.1. The topological polar surface area (TPSA) is 123 Å². The minimum absolute atomic E-state index is 0.0313. The van der Waals surface area contributed by atoms with E-state index in [4.69, 9.17) is 15.2 Å². The molecular formula is C19H22FN3O6. The van der Waals surface area contributed by atoms with Crippen molar-refractivity contribution in [3.63, 3.8) is 0 Å². The number of Topliss-reactive ketones (excluding diaryl/α,β-unsaturated/α-hetero) is 1. The highest BCUT2D eigenvalue weighted by molar-refractivity contribution is 6.01. The number of nitrogens with zero attached hydrogens (tertiary/aromatic N) is 2. The third-order valence-electron chi connectivity index (χ3n) is 3.96. The molecule has 0 saturated heterocycles. The van der Waals surface area contributed by atoms with Gasteiger partial charge in [0.2, 0.25) is 5.78 Å². The Morgan fingerprint density at radius 3 is 2.45 bits per heavy atom. The molecule has 2 rings (SSSR count). The molecule has 0 amide bonds. The van der Waals surface area contributed by atoms with Gasteiger partial charge in [0.05, 0.1) is 0 Å². The van der Waals surface area contributed by atoms with Crippen molar-refractivity contribution >= 4 is 17.6 Å². The number of hydrogen-bond donors (Lipinski definition) is 1. The normalized spacial score (nSPS) is 10.8. The lowest BCUT2D eigenvalue weighted by molar-refractivity contribution is -0.144. The summed E-state index contributed by atoms with van der Waals surface area (Å²) in [6.45, 7) is 2.48. The summed E-state index contributed by atoms with van der Waals surface area (Å²) in [5.41, 5.74) is 3.92. The molecule has 9 nitrogen and oxygen atoms in total. The summed E-state index contributed by atoms with van der Waals surface area (Å²) < 4.78 is 25.1. The Kier molecular flexibility index (Phi) is 6.92. The average Bonchev–Trinajstić information content (AvgIpc) is 2.67. The van der Waals surface area contributed by atoms with Crippen molar-refractivity contribution in [2.75, 3.05) is 18.9 Å². The van der Waals surface area contributed by atoms with Crippen LogP contribution < -0.4 is 21.7 Å². The number of aromatic nitrogens is 2. The molecule has 2 aromatic rings. The van der Waals surface area contributed by atoms with E-state index in [1.807, 2.05) is 13.8 Å². The molecule has 0 aliphatic rings. The van der Waals surface area contributed by atoms with E-state index in [0.717, 1.165) is 15.2 Å². The molecule has 0 bridgehead atoms. The first kappa shape index (κ1) is 21.9. The van der Waals surface area contributed by atoms with E-state index < -0.39 is 47.6 Å². The van der Waals surface area contributed by atoms with Gasteiger partial charge in [-0.05, 0) is 18.1 Å². The first-order valence-corrected chi connectivity index (χ1v) is 8.79. The summed E-state index contributed by atoms with van der Waals surface area (Å²) >= 11 is 0. The molecule has 0 aliphatic carbocycles. The minimum atomic E-state index is -0.937. The van der Waals surface area contributed by atoms with E-state index in [1.165, 1.54) is 25.2 Å². The van der Waals surface area contributed by atoms with Crippen molar-refractivity contribution in [3.8, 4) is 5.75 Å². The quantitative estimate of drug-likeness (QED) is 0.505. The van der Waals surface area contributed by atoms with Gasteiger partial charge in [0.15, 0.2) is 24.8 Å². The number of halogens is 1. The lowest BCUT2D eigenvalue weighted by Crippen LogP contribution is -2.43. The van der Waals surface area contributed by atoms with Crippen LogP contribution in [0.25, 0.3) is 0 Å². The van der Waals surface area contributed by atoms with Crippen LogP contribution in [0.2, 0.25) is 0 Å². The molecule has 10 heteroatoms. The Morgan fingerprint density at radius 2 is 1.83 bits per heavy atom. The fourth-order valence-electron chi connectivity index (χ4n) is 2.55. The molecule has 0 saturated carbocycles. The van der Waals surface area contributed by atoms with Crippen molar-refractivity contribution in [2.24, 2.45) is 13.0 Å². The second-order valence-corrected chi connectivity index (χ2v) is 6.71. The molecule has 0 fully saturated rings. The van der Waals surface area contributed by atoms with Crippen molar-refractivity contribution in [1.29, 1.82) is 0 Å². The highest BCUT2D eigenvalue weighted by Crippen LogP contribution is 2.15. The predicted molar refractivity (Wildman–Crippen MR) is 102 cm³/mol. The molecule has 0 unspecified atom stereocenters. The van der Waals surface area contributed by atoms with Crippen molar-refractivity contribution in [2.45, 2.75) is 20.4 Å². The smallest absolute Gasteiger partial charge is 0.344 e. The average molecular weight is 407 g/mol. The summed E-state index contributed by atoms with van der Waals surface area (Å²) in [5, 5.41) is 0. The van der Waals surface area contributed by atoms with Gasteiger partial charge in [0.25, 0.3) is 5.56 Å². The number of nitrogen functional groups attached to an aromatic ring is 1. The molecule has 1 heterocycles. The van der Waals surface area contributed by atoms with Gasteiger partial charge < -0.3 is 15.2 Å². The predicted octanol–water partition coefficient (Wildman–Crippen LogP) is 0.729. The first-order valence-electron chi connectivity index (χ1n) is 8.79. The van der Waals surface area contributed by atoms with Crippen molar-refractivity contribution in [1.82, 2.24) is 9.13 Å². The molecule has 0 spiro atoms. The maximum atomic E-state index is 13.5. The summed E-state index contributed by atoms with van der Waals surface area (Å²) in [6, 6.07) is 5.48. The van der Waals surface area contributed by atoms with E-state index in [9.17, 15) is 23.6 Å². The zero-order valence-electron chi connectivity index (χ0n) is 16.3. The number of ether oxygens (including phenoxy) is 2. The van der Waals surface area contributed by atoms with Crippen LogP contribution in [0.5, 0.6) is 5.75 Å². The second kappa shape index (κ2) is 9.18. The lowest BCUT2D eigenvalue weighted by Gasteiger charge is -2.16. The zero-order valence-corrected chi connectivity index (χ0v) is 16.3. The Labute approximate surface area is 165 Å². The van der Waals surface area contributed by atoms with Crippen molar-refractivity contribution < 1.29 is 23.5 Å². The number of esters is 1. The standard InChI is InChI=1S/C19H22FN3O6/c1-11(2)8-23-17(21)16(18(26)22(3)19(23)27)13(24)9-29-15(25)10-28-14-7-5-4-6-12(14)20/h4-7,11H,8-10,21H2,1-3H3. The Balaban J connectivity index is 2.11. The molecule has 1 aromatic carbocycles. The highest BCUT2D eigenvalue weighted by atomic mass is 19.1. The van der Waals surface area contributed by atoms with Crippen molar-refractivity contribution in [3.05, 3.63) is 56.5 Å².